The van der Waals surface area contributed by atoms with Crippen LogP contribution >= 0.6 is 0 Å². The fourth-order valence-electron chi connectivity index (χ4n) is 2.74. The van der Waals surface area contributed by atoms with Gasteiger partial charge in [0.2, 0.25) is 0 Å². The summed E-state index contributed by atoms with van der Waals surface area (Å²) in [4.78, 5) is 14.3. The predicted molar refractivity (Wildman–Crippen MR) is 81.7 cm³/mol. The Balaban J connectivity index is 2.26. The maximum atomic E-state index is 11.8. The lowest BCUT2D eigenvalue weighted by molar-refractivity contribution is 0.139. The molecule has 5 nitrogen and oxygen atoms in total. The molecule has 2 unspecified atom stereocenters. The second-order valence-corrected chi connectivity index (χ2v) is 6.07. The van der Waals surface area contributed by atoms with Crippen molar-refractivity contribution in [2.75, 3.05) is 26.2 Å². The molecule has 5 heteroatoms. The molecule has 0 spiro atoms. The molecule has 3 N–H and O–H groups in total. The van der Waals surface area contributed by atoms with E-state index in [4.69, 9.17) is 5.11 Å². The summed E-state index contributed by atoms with van der Waals surface area (Å²) in [5.41, 5.74) is 0. The second-order valence-electron chi connectivity index (χ2n) is 6.07. The van der Waals surface area contributed by atoms with E-state index in [1.54, 1.807) is 0 Å². The van der Waals surface area contributed by atoms with Crippen molar-refractivity contribution in [3.8, 4) is 0 Å². The molecule has 0 bridgehead atoms. The van der Waals surface area contributed by atoms with Gasteiger partial charge in [0.05, 0.1) is 0 Å². The van der Waals surface area contributed by atoms with Crippen molar-refractivity contribution in [1.82, 2.24) is 15.5 Å². The highest BCUT2D eigenvalue weighted by Crippen LogP contribution is 2.17. The molecule has 1 aliphatic rings. The highest BCUT2D eigenvalue weighted by atomic mass is 16.3. The Kier molecular flexibility index (Phi) is 7.92. The first-order valence-corrected chi connectivity index (χ1v) is 7.96. The normalized spacial score (nSPS) is 21.8. The van der Waals surface area contributed by atoms with E-state index >= 15 is 0 Å². The highest BCUT2D eigenvalue weighted by molar-refractivity contribution is 5.74. The van der Waals surface area contributed by atoms with Crippen LogP contribution in [0.15, 0.2) is 0 Å². The Labute approximate surface area is 123 Å². The number of rotatable bonds is 7. The zero-order chi connectivity index (χ0) is 15.0. The van der Waals surface area contributed by atoms with E-state index in [1.807, 2.05) is 6.92 Å². The molecule has 1 aliphatic heterocycles. The molecule has 2 atom stereocenters. The van der Waals surface area contributed by atoms with E-state index in [0.717, 1.165) is 19.5 Å². The highest BCUT2D eigenvalue weighted by Gasteiger charge is 2.22. The number of urea groups is 1. The van der Waals surface area contributed by atoms with Crippen LogP contribution in [-0.2, 0) is 0 Å². The molecule has 118 valence electrons. The van der Waals surface area contributed by atoms with Crippen molar-refractivity contribution in [3.05, 3.63) is 0 Å². The minimum atomic E-state index is -0.105. The quantitative estimate of drug-likeness (QED) is 0.665. The monoisotopic (exact) mass is 285 g/mol. The maximum absolute atomic E-state index is 11.8. The Morgan fingerprint density at radius 3 is 2.80 bits per heavy atom. The van der Waals surface area contributed by atoms with Crippen molar-refractivity contribution in [1.29, 1.82) is 0 Å². The lowest BCUT2D eigenvalue weighted by atomic mass is 9.97. The number of amides is 2. The maximum Gasteiger partial charge on any atom is 0.315 e. The SMILES string of the molecule is CCC(CCO)NC(=O)NCC1CCCN(C(C)C)C1. The predicted octanol–water partition coefficient (Wildman–Crippen LogP) is 1.57. The Bertz CT molecular complexity index is 284. The molecule has 2 amide bonds. The number of nitrogens with one attached hydrogen (secondary N) is 2. The van der Waals surface area contributed by atoms with Crippen LogP contribution in [0.2, 0.25) is 0 Å². The van der Waals surface area contributed by atoms with Crippen molar-refractivity contribution >= 4 is 6.03 Å². The topological polar surface area (TPSA) is 64.6 Å². The largest absolute Gasteiger partial charge is 0.396 e. The third kappa shape index (κ3) is 6.09. The summed E-state index contributed by atoms with van der Waals surface area (Å²) in [5, 5.41) is 14.8. The summed E-state index contributed by atoms with van der Waals surface area (Å²) >= 11 is 0. The van der Waals surface area contributed by atoms with Crippen molar-refractivity contribution < 1.29 is 9.90 Å². The third-order valence-electron chi connectivity index (χ3n) is 4.14. The van der Waals surface area contributed by atoms with E-state index in [2.05, 4.69) is 29.4 Å². The van der Waals surface area contributed by atoms with E-state index in [1.165, 1.54) is 19.4 Å². The average Bonchev–Trinajstić information content (AvgIpc) is 2.45. The van der Waals surface area contributed by atoms with Crippen LogP contribution in [0.1, 0.15) is 46.5 Å². The number of hydrogen-bond donors (Lipinski definition) is 3. The van der Waals surface area contributed by atoms with Gasteiger partial charge in [0, 0.05) is 31.8 Å². The van der Waals surface area contributed by atoms with E-state index in [-0.39, 0.29) is 18.7 Å². The minimum Gasteiger partial charge on any atom is -0.396 e. The first-order chi connectivity index (χ1) is 9.56. The van der Waals surface area contributed by atoms with Crippen LogP contribution in [0.25, 0.3) is 0 Å². The van der Waals surface area contributed by atoms with Gasteiger partial charge < -0.3 is 20.6 Å². The van der Waals surface area contributed by atoms with Gasteiger partial charge >= 0.3 is 6.03 Å². The van der Waals surface area contributed by atoms with Crippen molar-refractivity contribution in [2.24, 2.45) is 5.92 Å². The number of carbonyl (C=O) groups is 1. The first kappa shape index (κ1) is 17.2. The Hall–Kier alpha value is -0.810. The van der Waals surface area contributed by atoms with Crippen molar-refractivity contribution in [2.45, 2.75) is 58.5 Å². The second kappa shape index (κ2) is 9.19. The number of hydrogen-bond acceptors (Lipinski definition) is 3. The lowest BCUT2D eigenvalue weighted by Crippen LogP contribution is -2.47. The molecule has 20 heavy (non-hydrogen) atoms. The molecule has 0 aromatic carbocycles. The number of piperidine rings is 1. The Morgan fingerprint density at radius 2 is 2.20 bits per heavy atom. The fraction of sp³-hybridized carbons (Fsp3) is 0.933. The van der Waals surface area contributed by atoms with Crippen LogP contribution in [0, 0.1) is 5.92 Å². The van der Waals surface area contributed by atoms with Crippen LogP contribution < -0.4 is 10.6 Å². The van der Waals surface area contributed by atoms with Gasteiger partial charge in [-0.15, -0.1) is 0 Å². The van der Waals surface area contributed by atoms with Crippen LogP contribution in [0.5, 0.6) is 0 Å². The lowest BCUT2D eigenvalue weighted by Gasteiger charge is -2.35. The smallest absolute Gasteiger partial charge is 0.315 e. The zero-order valence-corrected chi connectivity index (χ0v) is 13.2. The van der Waals surface area contributed by atoms with E-state index in [0.29, 0.717) is 18.4 Å². The molecule has 1 fully saturated rings. The van der Waals surface area contributed by atoms with Crippen LogP contribution in [0.4, 0.5) is 4.79 Å². The Morgan fingerprint density at radius 1 is 1.45 bits per heavy atom. The number of likely N-dealkylation sites (tertiary alicyclic amines) is 1. The number of nitrogens with zero attached hydrogens (tertiary/aromatic N) is 1. The molecule has 1 saturated heterocycles. The molecule has 0 aromatic heterocycles. The molecular weight excluding hydrogens is 254 g/mol. The van der Waals surface area contributed by atoms with Gasteiger partial charge in [-0.3, -0.25) is 0 Å². The van der Waals surface area contributed by atoms with Crippen LogP contribution in [0.3, 0.4) is 0 Å². The third-order valence-corrected chi connectivity index (χ3v) is 4.14. The average molecular weight is 285 g/mol. The van der Waals surface area contributed by atoms with Gasteiger partial charge in [0.15, 0.2) is 0 Å². The molecule has 1 rings (SSSR count). The number of carbonyl (C=O) groups excluding carboxylic acids is 1. The standard InChI is InChI=1S/C15H31N3O2/c1-4-14(7-9-19)17-15(20)16-10-13-6-5-8-18(11-13)12(2)3/h12-14,19H,4-11H2,1-3H3,(H2,16,17,20). The zero-order valence-electron chi connectivity index (χ0n) is 13.2. The molecule has 0 aromatic rings. The van der Waals surface area contributed by atoms with Gasteiger partial charge in [-0.25, -0.2) is 4.79 Å². The summed E-state index contributed by atoms with van der Waals surface area (Å²) in [6.45, 7) is 9.57. The summed E-state index contributed by atoms with van der Waals surface area (Å²) in [6, 6.07) is 0.547. The molecular formula is C15H31N3O2. The fourth-order valence-corrected chi connectivity index (χ4v) is 2.74. The minimum absolute atomic E-state index is 0.0681. The summed E-state index contributed by atoms with van der Waals surface area (Å²) in [6.07, 6.45) is 3.87. The summed E-state index contributed by atoms with van der Waals surface area (Å²) in [7, 11) is 0. The van der Waals surface area contributed by atoms with E-state index in [9.17, 15) is 4.79 Å². The number of aliphatic hydroxyl groups excluding tert-OH is 1. The van der Waals surface area contributed by atoms with Gasteiger partial charge in [-0.2, -0.15) is 0 Å². The number of aliphatic hydroxyl groups is 1. The van der Waals surface area contributed by atoms with E-state index < -0.39 is 0 Å². The van der Waals surface area contributed by atoms with Gasteiger partial charge in [0.1, 0.15) is 0 Å². The van der Waals surface area contributed by atoms with Crippen molar-refractivity contribution in [3.63, 3.8) is 0 Å². The molecule has 0 radical (unpaired) electrons. The molecule has 0 aliphatic carbocycles. The van der Waals surface area contributed by atoms with Crippen LogP contribution in [-0.4, -0.2) is 54.4 Å². The molecule has 1 heterocycles. The van der Waals surface area contributed by atoms with Gasteiger partial charge in [0.25, 0.3) is 0 Å². The first-order valence-electron chi connectivity index (χ1n) is 7.96. The van der Waals surface area contributed by atoms with Gasteiger partial charge in [-0.1, -0.05) is 6.92 Å². The summed E-state index contributed by atoms with van der Waals surface area (Å²) < 4.78 is 0. The van der Waals surface area contributed by atoms with Gasteiger partial charge in [-0.05, 0) is 52.0 Å². The molecule has 0 saturated carbocycles. The summed E-state index contributed by atoms with van der Waals surface area (Å²) in [5.74, 6) is 0.551.